The second kappa shape index (κ2) is 5.68. The molecule has 0 aliphatic heterocycles. The van der Waals surface area contributed by atoms with E-state index in [1.807, 2.05) is 0 Å². The molecule has 1 heterocycles. The molecule has 106 valence electrons. The Hall–Kier alpha value is -1.79. The molecule has 0 N–H and O–H groups in total. The third kappa shape index (κ3) is 3.02. The second-order valence-electron chi connectivity index (χ2n) is 4.49. The average Bonchev–Trinajstić information content (AvgIpc) is 2.42. The maximum Gasteiger partial charge on any atom is 0.243 e. The highest BCUT2D eigenvalue weighted by molar-refractivity contribution is 7.89. The van der Waals surface area contributed by atoms with Crippen LogP contribution in [-0.2, 0) is 16.6 Å². The van der Waals surface area contributed by atoms with Crippen molar-refractivity contribution >= 4 is 10.0 Å². The van der Waals surface area contributed by atoms with Gasteiger partial charge in [-0.25, -0.2) is 12.8 Å². The van der Waals surface area contributed by atoms with Gasteiger partial charge in [0.1, 0.15) is 5.82 Å². The first-order valence-electron chi connectivity index (χ1n) is 6.03. The number of hydrogen-bond donors (Lipinski definition) is 0. The lowest BCUT2D eigenvalue weighted by Crippen LogP contribution is -2.27. The highest BCUT2D eigenvalue weighted by Crippen LogP contribution is 2.19. The van der Waals surface area contributed by atoms with E-state index in [4.69, 9.17) is 0 Å². The minimum Gasteiger partial charge on any atom is -0.260 e. The molecular formula is C14H15FN2O2S. The van der Waals surface area contributed by atoms with Gasteiger partial charge >= 0.3 is 0 Å². The number of aromatic nitrogens is 1. The van der Waals surface area contributed by atoms with Gasteiger partial charge in [-0.05, 0) is 42.8 Å². The Morgan fingerprint density at radius 2 is 2.00 bits per heavy atom. The molecule has 1 aromatic heterocycles. The predicted octanol–water partition coefficient (Wildman–Crippen LogP) is 2.35. The van der Waals surface area contributed by atoms with Crippen LogP contribution in [0.25, 0.3) is 0 Å². The fraction of sp³-hybridized carbons (Fsp3) is 0.214. The molecule has 0 saturated heterocycles. The second-order valence-corrected chi connectivity index (χ2v) is 6.54. The third-order valence-corrected chi connectivity index (χ3v) is 4.75. The van der Waals surface area contributed by atoms with Gasteiger partial charge in [-0.3, -0.25) is 4.98 Å². The number of pyridine rings is 1. The molecule has 2 aromatic rings. The Labute approximate surface area is 117 Å². The standard InChI is InChI=1S/C14H15FN2O2S/c1-11-9-13(6-7-14(11)15)20(18,19)17(2)10-12-5-3-4-8-16-12/h3-9H,10H2,1-2H3. The Kier molecular flexibility index (Phi) is 4.15. The molecule has 0 aliphatic rings. The highest BCUT2D eigenvalue weighted by Gasteiger charge is 2.21. The van der Waals surface area contributed by atoms with E-state index in [0.29, 0.717) is 11.3 Å². The number of halogens is 1. The lowest BCUT2D eigenvalue weighted by Gasteiger charge is -2.17. The molecule has 2 rings (SSSR count). The van der Waals surface area contributed by atoms with Gasteiger partial charge in [0.05, 0.1) is 17.1 Å². The first kappa shape index (κ1) is 14.6. The maximum absolute atomic E-state index is 13.2. The monoisotopic (exact) mass is 294 g/mol. The Morgan fingerprint density at radius 3 is 2.60 bits per heavy atom. The van der Waals surface area contributed by atoms with Crippen LogP contribution in [0.1, 0.15) is 11.3 Å². The summed E-state index contributed by atoms with van der Waals surface area (Å²) < 4.78 is 39.2. The van der Waals surface area contributed by atoms with Gasteiger partial charge in [-0.2, -0.15) is 4.31 Å². The van der Waals surface area contributed by atoms with Crippen LogP contribution in [0.15, 0.2) is 47.5 Å². The van der Waals surface area contributed by atoms with Crippen LogP contribution < -0.4 is 0 Å². The van der Waals surface area contributed by atoms with Gasteiger partial charge < -0.3 is 0 Å². The summed E-state index contributed by atoms with van der Waals surface area (Å²) in [5, 5.41) is 0. The topological polar surface area (TPSA) is 50.3 Å². The van der Waals surface area contributed by atoms with E-state index >= 15 is 0 Å². The summed E-state index contributed by atoms with van der Waals surface area (Å²) in [6, 6.07) is 9.08. The summed E-state index contributed by atoms with van der Waals surface area (Å²) in [6.07, 6.45) is 1.61. The van der Waals surface area contributed by atoms with Gasteiger partial charge in [0.15, 0.2) is 0 Å². The van der Waals surface area contributed by atoms with E-state index in [-0.39, 0.29) is 11.4 Å². The minimum absolute atomic E-state index is 0.0785. The van der Waals surface area contributed by atoms with Gasteiger partial charge in [-0.15, -0.1) is 0 Å². The summed E-state index contributed by atoms with van der Waals surface area (Å²) in [5.74, 6) is -0.420. The van der Waals surface area contributed by atoms with Crippen molar-refractivity contribution in [2.45, 2.75) is 18.4 Å². The highest BCUT2D eigenvalue weighted by atomic mass is 32.2. The lowest BCUT2D eigenvalue weighted by atomic mass is 10.2. The van der Waals surface area contributed by atoms with Gasteiger partial charge in [0, 0.05) is 13.2 Å². The van der Waals surface area contributed by atoms with Crippen LogP contribution >= 0.6 is 0 Å². The molecule has 0 radical (unpaired) electrons. The van der Waals surface area contributed by atoms with Crippen LogP contribution in [0.5, 0.6) is 0 Å². The van der Waals surface area contributed by atoms with Crippen molar-refractivity contribution in [1.29, 1.82) is 0 Å². The van der Waals surface area contributed by atoms with Gasteiger partial charge in [0.2, 0.25) is 10.0 Å². The van der Waals surface area contributed by atoms with Gasteiger partial charge in [0.25, 0.3) is 0 Å². The lowest BCUT2D eigenvalue weighted by molar-refractivity contribution is 0.462. The molecule has 0 amide bonds. The van der Waals surface area contributed by atoms with E-state index in [1.165, 1.54) is 30.4 Å². The van der Waals surface area contributed by atoms with E-state index < -0.39 is 15.8 Å². The van der Waals surface area contributed by atoms with E-state index in [2.05, 4.69) is 4.98 Å². The minimum atomic E-state index is -3.65. The van der Waals surface area contributed by atoms with Crippen molar-refractivity contribution in [1.82, 2.24) is 9.29 Å². The first-order chi connectivity index (χ1) is 9.41. The molecular weight excluding hydrogens is 279 g/mol. The number of benzene rings is 1. The summed E-state index contributed by atoms with van der Waals surface area (Å²) in [5.41, 5.74) is 0.953. The van der Waals surface area contributed by atoms with Crippen LogP contribution in [-0.4, -0.2) is 24.8 Å². The molecule has 0 bridgehead atoms. The smallest absolute Gasteiger partial charge is 0.243 e. The first-order valence-corrected chi connectivity index (χ1v) is 7.47. The SMILES string of the molecule is Cc1cc(S(=O)(=O)N(C)Cc2ccccn2)ccc1F. The van der Waals surface area contributed by atoms with Crippen molar-refractivity contribution in [3.63, 3.8) is 0 Å². The van der Waals surface area contributed by atoms with Crippen molar-refractivity contribution in [2.75, 3.05) is 7.05 Å². The molecule has 4 nitrogen and oxygen atoms in total. The van der Waals surface area contributed by atoms with E-state index in [9.17, 15) is 12.8 Å². The Balaban J connectivity index is 2.27. The molecule has 6 heteroatoms. The molecule has 1 aromatic carbocycles. The Morgan fingerprint density at radius 1 is 1.25 bits per heavy atom. The number of sulfonamides is 1. The third-order valence-electron chi connectivity index (χ3n) is 2.95. The van der Waals surface area contributed by atoms with Crippen molar-refractivity contribution < 1.29 is 12.8 Å². The van der Waals surface area contributed by atoms with Crippen LogP contribution in [0, 0.1) is 12.7 Å². The van der Waals surface area contributed by atoms with Crippen molar-refractivity contribution in [2.24, 2.45) is 0 Å². The zero-order valence-corrected chi connectivity index (χ0v) is 12.1. The van der Waals surface area contributed by atoms with Crippen molar-refractivity contribution in [3.05, 3.63) is 59.7 Å². The fourth-order valence-electron chi connectivity index (χ4n) is 1.76. The molecule has 0 saturated carbocycles. The molecule has 0 spiro atoms. The summed E-state index contributed by atoms with van der Waals surface area (Å²) in [4.78, 5) is 4.17. The predicted molar refractivity (Wildman–Crippen MR) is 74.0 cm³/mol. The average molecular weight is 294 g/mol. The van der Waals surface area contributed by atoms with E-state index in [0.717, 1.165) is 6.07 Å². The quantitative estimate of drug-likeness (QED) is 0.869. The largest absolute Gasteiger partial charge is 0.260 e. The normalized spacial score (nSPS) is 11.8. The molecule has 0 atom stereocenters. The van der Waals surface area contributed by atoms with E-state index in [1.54, 1.807) is 24.4 Å². The van der Waals surface area contributed by atoms with Crippen LogP contribution in [0.4, 0.5) is 4.39 Å². The van der Waals surface area contributed by atoms with Crippen LogP contribution in [0.2, 0.25) is 0 Å². The zero-order valence-electron chi connectivity index (χ0n) is 11.2. The van der Waals surface area contributed by atoms with Crippen molar-refractivity contribution in [3.8, 4) is 0 Å². The van der Waals surface area contributed by atoms with Gasteiger partial charge in [-0.1, -0.05) is 6.07 Å². The summed E-state index contributed by atoms with van der Waals surface area (Å²) >= 11 is 0. The molecule has 20 heavy (non-hydrogen) atoms. The van der Waals surface area contributed by atoms with Crippen LogP contribution in [0.3, 0.4) is 0 Å². The molecule has 0 fully saturated rings. The number of aryl methyl sites for hydroxylation is 1. The number of rotatable bonds is 4. The number of nitrogens with zero attached hydrogens (tertiary/aromatic N) is 2. The zero-order chi connectivity index (χ0) is 14.8. The fourth-order valence-corrected chi connectivity index (χ4v) is 2.99. The summed E-state index contributed by atoms with van der Waals surface area (Å²) in [7, 11) is -2.17. The molecule has 0 unspecified atom stereocenters. The molecule has 0 aliphatic carbocycles. The summed E-state index contributed by atoms with van der Waals surface area (Å²) in [6.45, 7) is 1.70. The number of hydrogen-bond acceptors (Lipinski definition) is 3. The Bertz CT molecular complexity index is 702. The maximum atomic E-state index is 13.2.